The molecule has 0 spiro atoms. The van der Waals surface area contributed by atoms with Crippen LogP contribution >= 0.6 is 11.6 Å². The third-order valence-corrected chi connectivity index (χ3v) is 3.06. The molecule has 2 N–H and O–H groups in total. The summed E-state index contributed by atoms with van der Waals surface area (Å²) in [5.74, 6) is -1.95. The number of carbonyl (C=O) groups excluding carboxylic acids is 2. The maximum Gasteiger partial charge on any atom is 0.417 e. The van der Waals surface area contributed by atoms with E-state index in [-0.39, 0.29) is 11.7 Å². The third-order valence-electron chi connectivity index (χ3n) is 2.73. The quantitative estimate of drug-likeness (QED) is 0.840. The van der Waals surface area contributed by atoms with Gasteiger partial charge in [0, 0.05) is 11.7 Å². The molecule has 2 amide bonds. The Labute approximate surface area is 124 Å². The van der Waals surface area contributed by atoms with Crippen molar-refractivity contribution in [3.05, 3.63) is 28.8 Å². The molecule has 1 unspecified atom stereocenters. The van der Waals surface area contributed by atoms with Gasteiger partial charge in [-0.1, -0.05) is 18.5 Å². The van der Waals surface area contributed by atoms with Crippen molar-refractivity contribution in [2.45, 2.75) is 32.5 Å². The Kier molecular flexibility index (Phi) is 5.60. The number of benzene rings is 1. The van der Waals surface area contributed by atoms with E-state index in [9.17, 15) is 22.8 Å². The van der Waals surface area contributed by atoms with Gasteiger partial charge >= 0.3 is 18.0 Å². The van der Waals surface area contributed by atoms with E-state index in [0.29, 0.717) is 12.5 Å². The molecule has 0 radical (unpaired) electrons. The fraction of sp³-hybridized carbons (Fsp3) is 0.385. The van der Waals surface area contributed by atoms with Crippen molar-refractivity contribution in [2.24, 2.45) is 0 Å². The van der Waals surface area contributed by atoms with Crippen LogP contribution in [0.3, 0.4) is 0 Å². The normalized spacial score (nSPS) is 12.7. The number of amides is 2. The van der Waals surface area contributed by atoms with Gasteiger partial charge in [-0.25, -0.2) is 0 Å². The number of anilines is 1. The number of hydrogen-bond donors (Lipinski definition) is 2. The summed E-state index contributed by atoms with van der Waals surface area (Å²) < 4.78 is 38.0. The first-order valence-electron chi connectivity index (χ1n) is 6.13. The lowest BCUT2D eigenvalue weighted by molar-refractivity contribution is -0.137. The molecule has 0 aliphatic rings. The summed E-state index contributed by atoms with van der Waals surface area (Å²) >= 11 is 5.46. The van der Waals surface area contributed by atoms with Crippen LogP contribution in [0.4, 0.5) is 18.9 Å². The van der Waals surface area contributed by atoms with Crippen molar-refractivity contribution in [3.63, 3.8) is 0 Å². The molecule has 1 aromatic rings. The molecule has 0 bridgehead atoms. The number of hydrogen-bond acceptors (Lipinski definition) is 2. The molecule has 0 saturated carbocycles. The zero-order valence-corrected chi connectivity index (χ0v) is 12.1. The first-order chi connectivity index (χ1) is 9.65. The van der Waals surface area contributed by atoms with Crippen LogP contribution < -0.4 is 10.6 Å². The number of alkyl halides is 3. The largest absolute Gasteiger partial charge is 0.417 e. The molecule has 0 fully saturated rings. The topological polar surface area (TPSA) is 58.2 Å². The zero-order valence-electron chi connectivity index (χ0n) is 11.3. The van der Waals surface area contributed by atoms with Crippen LogP contribution in [0.1, 0.15) is 25.8 Å². The monoisotopic (exact) mass is 322 g/mol. The number of nitrogens with one attached hydrogen (secondary N) is 2. The van der Waals surface area contributed by atoms with Crippen molar-refractivity contribution >= 4 is 29.1 Å². The van der Waals surface area contributed by atoms with Crippen LogP contribution in [0.2, 0.25) is 5.02 Å². The van der Waals surface area contributed by atoms with Crippen molar-refractivity contribution in [2.75, 3.05) is 5.32 Å². The SMILES string of the molecule is CCC(C)NC(=O)C(=O)Nc1ccc(Cl)c(C(F)(F)F)c1. The highest BCUT2D eigenvalue weighted by molar-refractivity contribution is 6.39. The highest BCUT2D eigenvalue weighted by Crippen LogP contribution is 2.36. The Bertz CT molecular complexity index is 547. The minimum atomic E-state index is -4.64. The third kappa shape index (κ3) is 4.93. The second kappa shape index (κ2) is 6.80. The van der Waals surface area contributed by atoms with Crippen molar-refractivity contribution in [1.29, 1.82) is 0 Å². The van der Waals surface area contributed by atoms with Crippen LogP contribution in [-0.4, -0.2) is 17.9 Å². The molecule has 0 heterocycles. The van der Waals surface area contributed by atoms with Crippen LogP contribution in [0, 0.1) is 0 Å². The molecule has 1 rings (SSSR count). The lowest BCUT2D eigenvalue weighted by Crippen LogP contribution is -2.40. The summed E-state index contributed by atoms with van der Waals surface area (Å²) in [6.07, 6.45) is -4.02. The van der Waals surface area contributed by atoms with Crippen molar-refractivity contribution in [3.8, 4) is 0 Å². The lowest BCUT2D eigenvalue weighted by atomic mass is 10.2. The Morgan fingerprint density at radius 1 is 1.29 bits per heavy atom. The number of carbonyl (C=O) groups is 2. The van der Waals surface area contributed by atoms with Gasteiger partial charge in [-0.3, -0.25) is 9.59 Å². The fourth-order valence-corrected chi connectivity index (χ4v) is 1.62. The number of rotatable bonds is 3. The Hall–Kier alpha value is -1.76. The average Bonchev–Trinajstić information content (AvgIpc) is 2.39. The Morgan fingerprint density at radius 3 is 2.43 bits per heavy atom. The van der Waals surface area contributed by atoms with E-state index in [2.05, 4.69) is 10.6 Å². The van der Waals surface area contributed by atoms with E-state index in [1.54, 1.807) is 6.92 Å². The van der Waals surface area contributed by atoms with Gasteiger partial charge in [-0.15, -0.1) is 0 Å². The van der Waals surface area contributed by atoms with E-state index in [0.717, 1.165) is 6.07 Å². The minimum Gasteiger partial charge on any atom is -0.345 e. The standard InChI is InChI=1S/C13H14ClF3N2O2/c1-3-7(2)18-11(20)12(21)19-8-4-5-10(14)9(6-8)13(15,16)17/h4-7H,3H2,1-2H3,(H,18,20)(H,19,21). The Morgan fingerprint density at radius 2 is 1.90 bits per heavy atom. The molecule has 0 aliphatic heterocycles. The summed E-state index contributed by atoms with van der Waals surface area (Å²) in [7, 11) is 0. The molecule has 0 aliphatic carbocycles. The molecule has 4 nitrogen and oxygen atoms in total. The molecule has 1 aromatic carbocycles. The van der Waals surface area contributed by atoms with Crippen LogP contribution in [0.25, 0.3) is 0 Å². The predicted octanol–water partition coefficient (Wildman–Crippen LogP) is 3.21. The van der Waals surface area contributed by atoms with Crippen molar-refractivity contribution in [1.82, 2.24) is 5.32 Å². The molecule has 0 saturated heterocycles. The molecular weight excluding hydrogens is 309 g/mol. The van der Waals surface area contributed by atoms with Gasteiger partial charge in [0.2, 0.25) is 0 Å². The fourth-order valence-electron chi connectivity index (χ4n) is 1.40. The summed E-state index contributed by atoms with van der Waals surface area (Å²) in [4.78, 5) is 23.1. The molecule has 21 heavy (non-hydrogen) atoms. The van der Waals surface area contributed by atoms with Gasteiger partial charge in [0.1, 0.15) is 0 Å². The average molecular weight is 323 g/mol. The predicted molar refractivity (Wildman–Crippen MR) is 73.0 cm³/mol. The Balaban J connectivity index is 2.84. The second-order valence-electron chi connectivity index (χ2n) is 4.43. The molecular formula is C13H14ClF3N2O2. The van der Waals surface area contributed by atoms with Crippen LogP contribution in [-0.2, 0) is 15.8 Å². The summed E-state index contributed by atoms with van der Waals surface area (Å²) in [5.41, 5.74) is -1.24. The van der Waals surface area contributed by atoms with Gasteiger partial charge in [0.25, 0.3) is 0 Å². The van der Waals surface area contributed by atoms with Gasteiger partial charge in [0.05, 0.1) is 10.6 Å². The van der Waals surface area contributed by atoms with Gasteiger partial charge in [0.15, 0.2) is 0 Å². The van der Waals surface area contributed by atoms with E-state index in [1.807, 2.05) is 6.92 Å². The molecule has 8 heteroatoms. The van der Waals surface area contributed by atoms with E-state index in [1.165, 1.54) is 6.07 Å². The van der Waals surface area contributed by atoms with Crippen molar-refractivity contribution < 1.29 is 22.8 Å². The highest BCUT2D eigenvalue weighted by atomic mass is 35.5. The number of halogens is 4. The van der Waals surface area contributed by atoms with E-state index in [4.69, 9.17) is 11.6 Å². The minimum absolute atomic E-state index is 0.156. The van der Waals surface area contributed by atoms with Gasteiger partial charge in [-0.2, -0.15) is 13.2 Å². The highest BCUT2D eigenvalue weighted by Gasteiger charge is 2.33. The molecule has 0 aromatic heterocycles. The maximum atomic E-state index is 12.7. The smallest absolute Gasteiger partial charge is 0.345 e. The summed E-state index contributed by atoms with van der Waals surface area (Å²) in [6, 6.07) is 2.66. The van der Waals surface area contributed by atoms with Gasteiger partial charge in [-0.05, 0) is 31.5 Å². The van der Waals surface area contributed by atoms with E-state index >= 15 is 0 Å². The maximum absolute atomic E-state index is 12.7. The van der Waals surface area contributed by atoms with Crippen LogP contribution in [0.15, 0.2) is 18.2 Å². The lowest BCUT2D eigenvalue weighted by Gasteiger charge is -2.13. The van der Waals surface area contributed by atoms with Crippen LogP contribution in [0.5, 0.6) is 0 Å². The second-order valence-corrected chi connectivity index (χ2v) is 4.84. The first kappa shape index (κ1) is 17.3. The zero-order chi connectivity index (χ0) is 16.2. The summed E-state index contributed by atoms with van der Waals surface area (Å²) in [6.45, 7) is 3.52. The first-order valence-corrected chi connectivity index (χ1v) is 6.51. The molecule has 116 valence electrons. The molecule has 1 atom stereocenters. The van der Waals surface area contributed by atoms with Gasteiger partial charge < -0.3 is 10.6 Å². The van der Waals surface area contributed by atoms with E-state index < -0.39 is 28.6 Å². The summed E-state index contributed by atoms with van der Waals surface area (Å²) in [5, 5.41) is 4.03.